The van der Waals surface area contributed by atoms with Crippen LogP contribution < -0.4 is 11.1 Å². The monoisotopic (exact) mass is 322 g/mol. The van der Waals surface area contributed by atoms with Gasteiger partial charge >= 0.3 is 0 Å². The number of nitrogens with one attached hydrogen (secondary N) is 1. The van der Waals surface area contributed by atoms with Gasteiger partial charge in [-0.25, -0.2) is 9.97 Å². The average Bonchev–Trinajstić information content (AvgIpc) is 3.04. The van der Waals surface area contributed by atoms with Gasteiger partial charge in [0.05, 0.1) is 17.6 Å². The molecule has 0 aliphatic carbocycles. The molecule has 0 saturated heterocycles. The standard InChI is InChI=1S/C16H18N8/c1-9-19-13-14(21-16(17)22-15(13)23(9)2)18-8-12-20-10-6-4-5-7-11(10)24(12)3/h4-7H,8H2,1-3H3,(H3,17,18,21,22). The summed E-state index contributed by atoms with van der Waals surface area (Å²) in [6.07, 6.45) is 0. The highest BCUT2D eigenvalue weighted by Crippen LogP contribution is 2.22. The Labute approximate surface area is 138 Å². The van der Waals surface area contributed by atoms with E-state index in [1.54, 1.807) is 0 Å². The quantitative estimate of drug-likeness (QED) is 0.596. The molecule has 24 heavy (non-hydrogen) atoms. The lowest BCUT2D eigenvalue weighted by Gasteiger charge is -2.07. The molecule has 0 radical (unpaired) electrons. The minimum atomic E-state index is 0.220. The molecule has 4 rings (SSSR count). The Morgan fingerprint density at radius 3 is 2.62 bits per heavy atom. The van der Waals surface area contributed by atoms with Gasteiger partial charge in [-0.15, -0.1) is 0 Å². The molecular formula is C16H18N8. The van der Waals surface area contributed by atoms with Gasteiger partial charge in [-0.3, -0.25) is 0 Å². The highest BCUT2D eigenvalue weighted by molar-refractivity contribution is 5.84. The average molecular weight is 322 g/mol. The summed E-state index contributed by atoms with van der Waals surface area (Å²) in [7, 11) is 3.91. The van der Waals surface area contributed by atoms with E-state index >= 15 is 0 Å². The van der Waals surface area contributed by atoms with E-state index in [-0.39, 0.29) is 5.95 Å². The molecule has 8 nitrogen and oxygen atoms in total. The van der Waals surface area contributed by atoms with Crippen LogP contribution in [0, 0.1) is 6.92 Å². The Balaban J connectivity index is 1.71. The van der Waals surface area contributed by atoms with Crippen molar-refractivity contribution in [1.82, 2.24) is 29.1 Å². The molecule has 4 aromatic rings. The number of aromatic nitrogens is 6. The summed E-state index contributed by atoms with van der Waals surface area (Å²) in [4.78, 5) is 17.7. The van der Waals surface area contributed by atoms with Crippen molar-refractivity contribution in [3.8, 4) is 0 Å². The molecular weight excluding hydrogens is 304 g/mol. The van der Waals surface area contributed by atoms with Crippen LogP contribution in [0.15, 0.2) is 24.3 Å². The topological polar surface area (TPSA) is 99.5 Å². The highest BCUT2D eigenvalue weighted by Gasteiger charge is 2.14. The van der Waals surface area contributed by atoms with Gasteiger partial charge in [-0.05, 0) is 19.1 Å². The smallest absolute Gasteiger partial charge is 0.224 e. The molecule has 8 heteroatoms. The molecule has 0 amide bonds. The maximum Gasteiger partial charge on any atom is 0.224 e. The SMILES string of the molecule is Cc1nc2c(NCc3nc4ccccc4n3C)nc(N)nc2n1C. The van der Waals surface area contributed by atoms with Crippen molar-refractivity contribution in [2.75, 3.05) is 11.1 Å². The van der Waals surface area contributed by atoms with E-state index in [0.29, 0.717) is 23.5 Å². The molecule has 1 aromatic carbocycles. The molecule has 0 fully saturated rings. The van der Waals surface area contributed by atoms with Gasteiger partial charge in [0.15, 0.2) is 17.0 Å². The maximum absolute atomic E-state index is 5.84. The Morgan fingerprint density at radius 1 is 1.04 bits per heavy atom. The fourth-order valence-electron chi connectivity index (χ4n) is 2.83. The van der Waals surface area contributed by atoms with E-state index in [2.05, 4.69) is 35.9 Å². The third-order valence-electron chi connectivity index (χ3n) is 4.25. The first-order valence-corrected chi connectivity index (χ1v) is 7.65. The lowest BCUT2D eigenvalue weighted by atomic mass is 10.3. The number of benzene rings is 1. The van der Waals surface area contributed by atoms with Crippen LogP contribution in [-0.4, -0.2) is 29.1 Å². The van der Waals surface area contributed by atoms with Crippen molar-refractivity contribution in [2.24, 2.45) is 14.1 Å². The van der Waals surface area contributed by atoms with Gasteiger partial charge in [0.1, 0.15) is 11.6 Å². The third-order valence-corrected chi connectivity index (χ3v) is 4.25. The van der Waals surface area contributed by atoms with E-state index in [1.807, 2.05) is 43.8 Å². The summed E-state index contributed by atoms with van der Waals surface area (Å²) < 4.78 is 3.96. The van der Waals surface area contributed by atoms with Crippen molar-refractivity contribution < 1.29 is 0 Å². The predicted molar refractivity (Wildman–Crippen MR) is 93.5 cm³/mol. The molecule has 0 aliphatic rings. The van der Waals surface area contributed by atoms with Crippen molar-refractivity contribution in [3.63, 3.8) is 0 Å². The fourth-order valence-corrected chi connectivity index (χ4v) is 2.83. The Bertz CT molecular complexity index is 1060. The first-order valence-electron chi connectivity index (χ1n) is 7.65. The third kappa shape index (κ3) is 2.15. The van der Waals surface area contributed by atoms with Gasteiger partial charge in [0.25, 0.3) is 0 Å². The molecule has 122 valence electrons. The number of hydrogen-bond acceptors (Lipinski definition) is 6. The lowest BCUT2D eigenvalue weighted by Crippen LogP contribution is -2.09. The number of anilines is 2. The second kappa shape index (κ2) is 5.19. The van der Waals surface area contributed by atoms with Crippen LogP contribution in [0.4, 0.5) is 11.8 Å². The van der Waals surface area contributed by atoms with E-state index in [1.165, 1.54) is 0 Å². The minimum absolute atomic E-state index is 0.220. The first-order chi connectivity index (χ1) is 11.5. The van der Waals surface area contributed by atoms with Crippen LogP contribution >= 0.6 is 0 Å². The summed E-state index contributed by atoms with van der Waals surface area (Å²) in [5, 5.41) is 3.30. The molecule has 0 unspecified atom stereocenters. The second-order valence-corrected chi connectivity index (χ2v) is 5.75. The number of nitrogens with zero attached hydrogens (tertiary/aromatic N) is 6. The summed E-state index contributed by atoms with van der Waals surface area (Å²) in [6.45, 7) is 2.44. The molecule has 0 saturated carbocycles. The summed E-state index contributed by atoms with van der Waals surface area (Å²) in [5.41, 5.74) is 9.33. The summed E-state index contributed by atoms with van der Waals surface area (Å²) in [5.74, 6) is 2.61. The van der Waals surface area contributed by atoms with Crippen LogP contribution in [-0.2, 0) is 20.6 Å². The number of fused-ring (bicyclic) bond motifs is 2. The Morgan fingerprint density at radius 2 is 1.83 bits per heavy atom. The largest absolute Gasteiger partial charge is 0.368 e. The molecule has 0 spiro atoms. The van der Waals surface area contributed by atoms with Crippen molar-refractivity contribution >= 4 is 34.0 Å². The fraction of sp³-hybridized carbons (Fsp3) is 0.250. The van der Waals surface area contributed by atoms with Crippen LogP contribution in [0.1, 0.15) is 11.6 Å². The maximum atomic E-state index is 5.84. The highest BCUT2D eigenvalue weighted by atomic mass is 15.2. The first kappa shape index (κ1) is 14.4. The van der Waals surface area contributed by atoms with Gasteiger partial charge < -0.3 is 20.2 Å². The zero-order valence-electron chi connectivity index (χ0n) is 13.8. The van der Waals surface area contributed by atoms with E-state index in [0.717, 1.165) is 22.7 Å². The van der Waals surface area contributed by atoms with Crippen LogP contribution in [0.3, 0.4) is 0 Å². The number of imidazole rings is 2. The summed E-state index contributed by atoms with van der Waals surface area (Å²) >= 11 is 0. The second-order valence-electron chi connectivity index (χ2n) is 5.75. The predicted octanol–water partition coefficient (Wildman–Crippen LogP) is 1.75. The van der Waals surface area contributed by atoms with Crippen LogP contribution in [0.2, 0.25) is 0 Å². The molecule has 3 N–H and O–H groups in total. The zero-order chi connectivity index (χ0) is 16.8. The van der Waals surface area contributed by atoms with E-state index in [4.69, 9.17) is 5.73 Å². The van der Waals surface area contributed by atoms with Crippen LogP contribution in [0.25, 0.3) is 22.2 Å². The molecule has 0 bridgehead atoms. The number of hydrogen-bond donors (Lipinski definition) is 2. The van der Waals surface area contributed by atoms with E-state index in [9.17, 15) is 0 Å². The van der Waals surface area contributed by atoms with Crippen molar-refractivity contribution in [2.45, 2.75) is 13.5 Å². The van der Waals surface area contributed by atoms with Crippen molar-refractivity contribution in [1.29, 1.82) is 0 Å². The molecule has 0 atom stereocenters. The van der Waals surface area contributed by atoms with Gasteiger partial charge in [-0.2, -0.15) is 9.97 Å². The normalized spacial score (nSPS) is 11.5. The van der Waals surface area contributed by atoms with Crippen LogP contribution in [0.5, 0.6) is 0 Å². The number of rotatable bonds is 3. The number of nitrogen functional groups attached to an aromatic ring is 1. The molecule has 3 heterocycles. The van der Waals surface area contributed by atoms with Gasteiger partial charge in [0, 0.05) is 14.1 Å². The molecule has 0 aliphatic heterocycles. The zero-order valence-corrected chi connectivity index (χ0v) is 13.8. The molecule has 3 aromatic heterocycles. The lowest BCUT2D eigenvalue weighted by molar-refractivity contribution is 0.832. The number of nitrogens with two attached hydrogens (primary N) is 1. The summed E-state index contributed by atoms with van der Waals surface area (Å²) in [6, 6.07) is 8.04. The number of para-hydroxylation sites is 2. The van der Waals surface area contributed by atoms with Gasteiger partial charge in [0.2, 0.25) is 5.95 Å². The van der Waals surface area contributed by atoms with Gasteiger partial charge in [-0.1, -0.05) is 12.1 Å². The van der Waals surface area contributed by atoms with Crippen molar-refractivity contribution in [3.05, 3.63) is 35.9 Å². The minimum Gasteiger partial charge on any atom is -0.368 e. The number of aryl methyl sites for hydroxylation is 3. The Kier molecular flexibility index (Phi) is 3.12. The van der Waals surface area contributed by atoms with E-state index < -0.39 is 0 Å². The Hall–Kier alpha value is -3.16.